The first-order valence-electron chi connectivity index (χ1n) is 9.58. The predicted molar refractivity (Wildman–Crippen MR) is 118 cm³/mol. The molecule has 0 unspecified atom stereocenters. The van der Waals surface area contributed by atoms with Gasteiger partial charge >= 0.3 is 0 Å². The summed E-state index contributed by atoms with van der Waals surface area (Å²) in [5.41, 5.74) is 0.116. The Balaban J connectivity index is 1.76. The summed E-state index contributed by atoms with van der Waals surface area (Å²) in [6.07, 6.45) is 3.47. The van der Waals surface area contributed by atoms with Gasteiger partial charge in [0.05, 0.1) is 12.1 Å². The number of aliphatic hydroxyl groups excluding tert-OH is 1. The summed E-state index contributed by atoms with van der Waals surface area (Å²) >= 11 is 0.975. The number of ketones is 1. The van der Waals surface area contributed by atoms with Crippen molar-refractivity contribution in [1.82, 2.24) is 19.8 Å². The number of thiol groups is 1. The molecule has 1 amide bonds. The number of halogens is 2. The highest BCUT2D eigenvalue weighted by atomic mass is 32.3. The molecule has 2 heterocycles. The molecule has 1 aliphatic heterocycles. The highest BCUT2D eigenvalue weighted by molar-refractivity contribution is 8.00. The van der Waals surface area contributed by atoms with Crippen molar-refractivity contribution in [3.05, 3.63) is 64.0 Å². The number of nitrogens with one attached hydrogen (secondary N) is 1. The van der Waals surface area contributed by atoms with E-state index in [1.807, 2.05) is 0 Å². The van der Waals surface area contributed by atoms with Gasteiger partial charge in [-0.2, -0.15) is 0 Å². The zero-order valence-corrected chi connectivity index (χ0v) is 18.9. The van der Waals surface area contributed by atoms with Gasteiger partial charge in [0.2, 0.25) is 5.78 Å². The molecule has 1 fully saturated rings. The highest BCUT2D eigenvalue weighted by Gasteiger charge is 2.29. The number of aliphatic hydroxyl groups is 1. The molecule has 3 rings (SSSR count). The number of carbonyl (C=O) groups excluding carboxylic acids is 2. The third-order valence-electron chi connectivity index (χ3n) is 4.80. The standard InChI is InChI=1S/C20H22F2N4O4S2/c1-12(27)19(29)15(10-23-11-18(28)26-6-3-7-32(26,2)30)20-25-24-17(31-20)8-13-4-5-14(21)9-16(13)22/h4-5,9-10,23,27,32H,1,3,6-8,11H2,2H3/b15-10+. The smallest absolute Gasteiger partial charge is 0.251 e. The number of allylic oxidation sites excluding steroid dienone is 1. The minimum atomic E-state index is -2.68. The zero-order chi connectivity index (χ0) is 23.5. The maximum atomic E-state index is 13.9. The summed E-state index contributed by atoms with van der Waals surface area (Å²) in [7, 11) is -2.68. The van der Waals surface area contributed by atoms with Crippen molar-refractivity contribution >= 4 is 38.7 Å². The second-order valence-electron chi connectivity index (χ2n) is 7.27. The number of carbonyl (C=O) groups is 2. The quantitative estimate of drug-likeness (QED) is 0.297. The monoisotopic (exact) mass is 484 g/mol. The van der Waals surface area contributed by atoms with Crippen LogP contribution in [0, 0.1) is 11.6 Å². The Bertz CT molecular complexity index is 1150. The van der Waals surface area contributed by atoms with Crippen LogP contribution in [0.2, 0.25) is 0 Å². The average molecular weight is 485 g/mol. The van der Waals surface area contributed by atoms with Crippen LogP contribution in [0.3, 0.4) is 0 Å². The number of nitrogens with zero attached hydrogens (tertiary/aromatic N) is 3. The van der Waals surface area contributed by atoms with E-state index in [0.29, 0.717) is 23.7 Å². The van der Waals surface area contributed by atoms with Gasteiger partial charge in [-0.1, -0.05) is 24.0 Å². The summed E-state index contributed by atoms with van der Waals surface area (Å²) in [6, 6.07) is 3.18. The number of rotatable bonds is 8. The van der Waals surface area contributed by atoms with Crippen LogP contribution in [0.5, 0.6) is 0 Å². The van der Waals surface area contributed by atoms with Crippen LogP contribution >= 0.6 is 11.3 Å². The Hall–Kier alpha value is -2.99. The van der Waals surface area contributed by atoms with Crippen molar-refractivity contribution in [3.63, 3.8) is 0 Å². The van der Waals surface area contributed by atoms with Crippen LogP contribution in [0.1, 0.15) is 22.0 Å². The lowest BCUT2D eigenvalue weighted by atomic mass is 10.1. The summed E-state index contributed by atoms with van der Waals surface area (Å²) in [4.78, 5) is 24.7. The zero-order valence-electron chi connectivity index (χ0n) is 17.2. The lowest BCUT2D eigenvalue weighted by molar-refractivity contribution is -0.125. The number of hydrogen-bond acceptors (Lipinski definition) is 8. The van der Waals surface area contributed by atoms with E-state index < -0.39 is 33.3 Å². The maximum Gasteiger partial charge on any atom is 0.251 e. The van der Waals surface area contributed by atoms with Crippen LogP contribution < -0.4 is 5.32 Å². The molecule has 0 spiro atoms. The van der Waals surface area contributed by atoms with E-state index >= 15 is 0 Å². The van der Waals surface area contributed by atoms with E-state index in [9.17, 15) is 27.7 Å². The number of amides is 1. The average Bonchev–Trinajstić information content (AvgIpc) is 3.32. The van der Waals surface area contributed by atoms with Gasteiger partial charge in [-0.25, -0.2) is 8.78 Å². The Morgan fingerprint density at radius 2 is 2.12 bits per heavy atom. The first-order chi connectivity index (χ1) is 15.1. The highest BCUT2D eigenvalue weighted by Crippen LogP contribution is 2.24. The van der Waals surface area contributed by atoms with Crippen LogP contribution in [-0.4, -0.2) is 60.6 Å². The molecule has 1 saturated heterocycles. The fourth-order valence-electron chi connectivity index (χ4n) is 3.18. The molecule has 0 aliphatic carbocycles. The lowest BCUT2D eigenvalue weighted by Crippen LogP contribution is -2.41. The molecule has 12 heteroatoms. The topological polar surface area (TPSA) is 112 Å². The van der Waals surface area contributed by atoms with Gasteiger partial charge in [0.1, 0.15) is 16.6 Å². The van der Waals surface area contributed by atoms with Crippen LogP contribution in [0.4, 0.5) is 8.78 Å². The van der Waals surface area contributed by atoms with Crippen molar-refractivity contribution in [2.24, 2.45) is 0 Å². The molecule has 0 atom stereocenters. The largest absolute Gasteiger partial charge is 0.505 e. The van der Waals surface area contributed by atoms with Gasteiger partial charge in [0.25, 0.3) is 5.91 Å². The fourth-order valence-corrected chi connectivity index (χ4v) is 6.13. The lowest BCUT2D eigenvalue weighted by Gasteiger charge is -2.26. The van der Waals surface area contributed by atoms with Gasteiger partial charge in [-0.05, 0) is 28.2 Å². The predicted octanol–water partition coefficient (Wildman–Crippen LogP) is 1.77. The Labute approximate surface area is 188 Å². The summed E-state index contributed by atoms with van der Waals surface area (Å²) in [5.74, 6) is -2.89. The van der Waals surface area contributed by atoms with E-state index in [1.165, 1.54) is 16.6 Å². The van der Waals surface area contributed by atoms with Crippen molar-refractivity contribution in [2.75, 3.05) is 25.1 Å². The third kappa shape index (κ3) is 5.43. The normalized spacial score (nSPS) is 16.6. The van der Waals surface area contributed by atoms with E-state index in [0.717, 1.165) is 23.5 Å². The molecular weight excluding hydrogens is 462 g/mol. The second kappa shape index (κ2) is 9.65. The molecular formula is C20H22F2N4O4S2. The van der Waals surface area contributed by atoms with Gasteiger partial charge in [-0.3, -0.25) is 18.1 Å². The first-order valence-corrected chi connectivity index (χ1v) is 12.7. The van der Waals surface area contributed by atoms with Crippen molar-refractivity contribution in [3.8, 4) is 0 Å². The van der Waals surface area contributed by atoms with Crippen molar-refractivity contribution in [2.45, 2.75) is 12.8 Å². The Morgan fingerprint density at radius 3 is 2.75 bits per heavy atom. The first kappa shape index (κ1) is 23.7. The SMILES string of the molecule is C=C(O)C(=O)/C(=C\NCC(=O)N1CCC[SH]1(C)=O)c1nnc(Cc2ccc(F)cc2F)s1. The molecule has 0 bridgehead atoms. The van der Waals surface area contributed by atoms with Crippen molar-refractivity contribution in [1.29, 1.82) is 0 Å². The maximum absolute atomic E-state index is 13.9. The van der Waals surface area contributed by atoms with Crippen LogP contribution in [0.15, 0.2) is 36.7 Å². The van der Waals surface area contributed by atoms with Gasteiger partial charge in [-0.15, -0.1) is 10.2 Å². The molecule has 2 N–H and O–H groups in total. The Kier molecular flexibility index (Phi) is 7.14. The van der Waals surface area contributed by atoms with E-state index in [-0.39, 0.29) is 35.0 Å². The van der Waals surface area contributed by atoms with E-state index in [1.54, 1.807) is 6.26 Å². The summed E-state index contributed by atoms with van der Waals surface area (Å²) in [5, 5.41) is 20.6. The molecule has 2 aromatic rings. The number of benzene rings is 1. The summed E-state index contributed by atoms with van der Waals surface area (Å²) in [6.45, 7) is 3.42. The molecule has 0 saturated carbocycles. The molecule has 0 radical (unpaired) electrons. The van der Waals surface area contributed by atoms with Gasteiger partial charge in [0, 0.05) is 37.2 Å². The molecule has 1 aliphatic rings. The summed E-state index contributed by atoms with van der Waals surface area (Å²) < 4.78 is 40.7. The minimum Gasteiger partial charge on any atom is -0.505 e. The van der Waals surface area contributed by atoms with E-state index in [2.05, 4.69) is 22.1 Å². The number of aromatic nitrogens is 2. The molecule has 172 valence electrons. The second-order valence-corrected chi connectivity index (χ2v) is 11.4. The van der Waals surface area contributed by atoms with Crippen molar-refractivity contribution < 1.29 is 27.7 Å². The van der Waals surface area contributed by atoms with Crippen LogP contribution in [0.25, 0.3) is 5.57 Å². The molecule has 1 aromatic heterocycles. The third-order valence-corrected chi connectivity index (χ3v) is 8.35. The molecule has 8 nitrogen and oxygen atoms in total. The number of hydrogen-bond donors (Lipinski definition) is 3. The van der Waals surface area contributed by atoms with Crippen LogP contribution in [-0.2, 0) is 26.1 Å². The fraction of sp³-hybridized carbons (Fsp3) is 0.300. The number of Topliss-reactive ketones (excluding diaryl/α,β-unsaturated/α-hetero) is 1. The molecule has 1 aromatic carbocycles. The Morgan fingerprint density at radius 1 is 1.38 bits per heavy atom. The van der Waals surface area contributed by atoms with Gasteiger partial charge in [0.15, 0.2) is 10.8 Å². The van der Waals surface area contributed by atoms with E-state index in [4.69, 9.17) is 0 Å². The van der Waals surface area contributed by atoms with Gasteiger partial charge < -0.3 is 10.4 Å². The minimum absolute atomic E-state index is 0.0258. The molecule has 32 heavy (non-hydrogen) atoms.